The molecule has 2 fully saturated rings. The fourth-order valence-corrected chi connectivity index (χ4v) is 4.59. The number of hydrogen-bond acceptors (Lipinski definition) is 9. The summed E-state index contributed by atoms with van der Waals surface area (Å²) in [5.74, 6) is -0.293. The molecule has 0 saturated carbocycles. The molecule has 12 heteroatoms. The van der Waals surface area contributed by atoms with E-state index in [0.717, 1.165) is 6.42 Å². The summed E-state index contributed by atoms with van der Waals surface area (Å²) in [5, 5.41) is 6.60. The van der Waals surface area contributed by atoms with Gasteiger partial charge in [-0.25, -0.2) is 14.4 Å². The number of carbonyl (C=O) groups is 2. The molecule has 2 aliphatic heterocycles. The van der Waals surface area contributed by atoms with E-state index < -0.39 is 5.82 Å². The Bertz CT molecular complexity index is 1410. The number of rotatable bonds is 8. The minimum absolute atomic E-state index is 0.0246. The van der Waals surface area contributed by atoms with Crippen LogP contribution < -0.4 is 15.4 Å². The zero-order chi connectivity index (χ0) is 27.4. The molecule has 1 aromatic heterocycles. The van der Waals surface area contributed by atoms with Gasteiger partial charge in [-0.15, -0.1) is 0 Å². The van der Waals surface area contributed by atoms with E-state index in [1.54, 1.807) is 24.3 Å². The van der Waals surface area contributed by atoms with Crippen LogP contribution in [0.25, 0.3) is 10.9 Å². The van der Waals surface area contributed by atoms with Crippen LogP contribution in [0, 0.1) is 5.82 Å². The van der Waals surface area contributed by atoms with Crippen molar-refractivity contribution in [2.45, 2.75) is 25.6 Å². The number of amides is 1. The molecular weight excluding hydrogens is 529 g/mol. The van der Waals surface area contributed by atoms with Crippen molar-refractivity contribution in [1.29, 1.82) is 0 Å². The van der Waals surface area contributed by atoms with Gasteiger partial charge >= 0.3 is 5.97 Å². The van der Waals surface area contributed by atoms with E-state index in [1.165, 1.54) is 24.5 Å². The molecule has 2 saturated heterocycles. The molecule has 204 valence electrons. The Hall–Kier alpha value is -3.80. The van der Waals surface area contributed by atoms with Crippen LogP contribution in [0.3, 0.4) is 0 Å². The third-order valence-corrected chi connectivity index (χ3v) is 6.48. The van der Waals surface area contributed by atoms with Crippen molar-refractivity contribution in [3.63, 3.8) is 0 Å². The lowest BCUT2D eigenvalue weighted by Crippen LogP contribution is -2.44. The van der Waals surface area contributed by atoms with Gasteiger partial charge in [0, 0.05) is 42.7 Å². The minimum Gasteiger partial charge on any atom is -0.486 e. The van der Waals surface area contributed by atoms with Gasteiger partial charge in [0.2, 0.25) is 5.91 Å². The summed E-state index contributed by atoms with van der Waals surface area (Å²) in [6.07, 6.45) is 4.89. The van der Waals surface area contributed by atoms with E-state index in [2.05, 4.69) is 20.6 Å². The average molecular weight is 556 g/mol. The molecule has 0 bridgehead atoms. The standard InChI is InChI=1S/C27H27ClFN5O5/c1-16-12-34(13-26(36)38-16)7-2-3-25(35)33-23-10-19-22(11-24(23)39-18-6-8-37-14-18)30-15-31-27(19)32-17-4-5-21(29)20(28)9-17/h2-5,9-11,15-16,18H,6-8,12-14H2,1H3,(H,33,35)(H,30,31,32)/t16?,18-/m0/s1. The number of cyclic esters (lactones) is 1. The number of esters is 1. The van der Waals surface area contributed by atoms with Crippen LogP contribution in [0.4, 0.5) is 21.6 Å². The molecule has 1 unspecified atom stereocenters. The number of aromatic nitrogens is 2. The summed E-state index contributed by atoms with van der Waals surface area (Å²) in [5.41, 5.74) is 1.54. The number of benzene rings is 2. The maximum Gasteiger partial charge on any atom is 0.320 e. The quantitative estimate of drug-likeness (QED) is 0.313. The van der Waals surface area contributed by atoms with Crippen LogP contribution in [0.1, 0.15) is 13.3 Å². The second-order valence-electron chi connectivity index (χ2n) is 9.33. The van der Waals surface area contributed by atoms with Gasteiger partial charge in [-0.2, -0.15) is 0 Å². The topological polar surface area (TPSA) is 115 Å². The fraction of sp³-hybridized carbons (Fsp3) is 0.333. The summed E-state index contributed by atoms with van der Waals surface area (Å²) < 4.78 is 30.4. The van der Waals surface area contributed by atoms with Crippen LogP contribution in [0.5, 0.6) is 5.75 Å². The number of morpholine rings is 1. The number of hydrogen-bond donors (Lipinski definition) is 2. The van der Waals surface area contributed by atoms with Crippen LogP contribution in [-0.2, 0) is 19.1 Å². The molecule has 2 aromatic carbocycles. The molecule has 10 nitrogen and oxygen atoms in total. The number of nitrogens with one attached hydrogen (secondary N) is 2. The first kappa shape index (κ1) is 26.8. The van der Waals surface area contributed by atoms with Gasteiger partial charge in [0.15, 0.2) is 0 Å². The van der Waals surface area contributed by atoms with Gasteiger partial charge in [-0.3, -0.25) is 14.5 Å². The molecule has 2 N–H and O–H groups in total. The van der Waals surface area contributed by atoms with E-state index in [4.69, 9.17) is 25.8 Å². The minimum atomic E-state index is -0.528. The average Bonchev–Trinajstić information content (AvgIpc) is 3.40. The molecule has 3 aromatic rings. The number of anilines is 3. The highest BCUT2D eigenvalue weighted by Crippen LogP contribution is 2.35. The molecule has 39 heavy (non-hydrogen) atoms. The summed E-state index contributed by atoms with van der Waals surface area (Å²) >= 11 is 5.93. The van der Waals surface area contributed by atoms with E-state index in [0.29, 0.717) is 60.1 Å². The Labute approximate surface area is 229 Å². The second-order valence-corrected chi connectivity index (χ2v) is 9.74. The Morgan fingerprint density at radius 1 is 1.31 bits per heavy atom. The predicted molar refractivity (Wildman–Crippen MR) is 144 cm³/mol. The third kappa shape index (κ3) is 6.80. The molecule has 2 atom stereocenters. The Morgan fingerprint density at radius 3 is 2.95 bits per heavy atom. The van der Waals surface area contributed by atoms with Crippen LogP contribution in [0.2, 0.25) is 5.02 Å². The first-order chi connectivity index (χ1) is 18.8. The maximum absolute atomic E-state index is 13.6. The van der Waals surface area contributed by atoms with Gasteiger partial charge in [0.1, 0.15) is 35.9 Å². The molecule has 0 spiro atoms. The predicted octanol–water partition coefficient (Wildman–Crippen LogP) is 4.08. The molecule has 2 aliphatic rings. The molecule has 1 amide bonds. The van der Waals surface area contributed by atoms with Crippen LogP contribution in [-0.4, -0.2) is 71.8 Å². The Morgan fingerprint density at radius 2 is 2.18 bits per heavy atom. The summed E-state index contributed by atoms with van der Waals surface area (Å²) in [6.45, 7) is 4.08. The Kier molecular flexibility index (Phi) is 8.20. The highest BCUT2D eigenvalue weighted by atomic mass is 35.5. The smallest absolute Gasteiger partial charge is 0.320 e. The van der Waals surface area contributed by atoms with E-state index in [-0.39, 0.29) is 35.7 Å². The van der Waals surface area contributed by atoms with Crippen molar-refractivity contribution in [2.75, 3.05) is 43.5 Å². The lowest BCUT2D eigenvalue weighted by atomic mass is 10.1. The third-order valence-electron chi connectivity index (χ3n) is 6.19. The highest BCUT2D eigenvalue weighted by molar-refractivity contribution is 6.31. The number of halogens is 2. The van der Waals surface area contributed by atoms with Crippen molar-refractivity contribution >= 4 is 51.6 Å². The van der Waals surface area contributed by atoms with Crippen molar-refractivity contribution in [3.8, 4) is 5.75 Å². The molecular formula is C27H27ClFN5O5. The van der Waals surface area contributed by atoms with Gasteiger partial charge in [0.25, 0.3) is 0 Å². The molecule has 0 radical (unpaired) electrons. The molecule has 0 aliphatic carbocycles. The number of fused-ring (bicyclic) bond motifs is 1. The number of carbonyl (C=O) groups excluding carboxylic acids is 2. The lowest BCUT2D eigenvalue weighted by molar-refractivity contribution is -0.156. The SMILES string of the molecule is CC1CN(CC=CC(=O)Nc2cc3c(Nc4ccc(F)c(Cl)c4)ncnc3cc2O[C@H]2CCOC2)CC(=O)O1. The summed E-state index contributed by atoms with van der Waals surface area (Å²) in [4.78, 5) is 35.1. The normalized spacial score (nSPS) is 19.8. The number of nitrogens with zero attached hydrogens (tertiary/aromatic N) is 3. The lowest BCUT2D eigenvalue weighted by Gasteiger charge is -2.29. The first-order valence-corrected chi connectivity index (χ1v) is 12.9. The zero-order valence-corrected chi connectivity index (χ0v) is 21.9. The zero-order valence-electron chi connectivity index (χ0n) is 21.2. The van der Waals surface area contributed by atoms with Crippen molar-refractivity contribution < 1.29 is 28.2 Å². The van der Waals surface area contributed by atoms with E-state index >= 15 is 0 Å². The van der Waals surface area contributed by atoms with Crippen LogP contribution >= 0.6 is 11.6 Å². The summed E-state index contributed by atoms with van der Waals surface area (Å²) in [7, 11) is 0. The van der Waals surface area contributed by atoms with Gasteiger partial charge < -0.3 is 24.8 Å². The van der Waals surface area contributed by atoms with E-state index in [1.807, 2.05) is 11.8 Å². The maximum atomic E-state index is 13.6. The molecule has 5 rings (SSSR count). The van der Waals surface area contributed by atoms with Gasteiger partial charge in [-0.05, 0) is 31.2 Å². The largest absolute Gasteiger partial charge is 0.486 e. The van der Waals surface area contributed by atoms with Crippen molar-refractivity contribution in [1.82, 2.24) is 14.9 Å². The second kappa shape index (κ2) is 11.9. The summed E-state index contributed by atoms with van der Waals surface area (Å²) in [6, 6.07) is 7.72. The molecule has 3 heterocycles. The van der Waals surface area contributed by atoms with Gasteiger partial charge in [-0.1, -0.05) is 17.7 Å². The number of ether oxygens (including phenoxy) is 3. The Balaban J connectivity index is 1.39. The van der Waals surface area contributed by atoms with Crippen LogP contribution in [0.15, 0.2) is 48.8 Å². The van der Waals surface area contributed by atoms with Crippen molar-refractivity contribution in [3.05, 3.63) is 59.7 Å². The van der Waals surface area contributed by atoms with Crippen molar-refractivity contribution in [2.24, 2.45) is 0 Å². The van der Waals surface area contributed by atoms with Gasteiger partial charge in [0.05, 0.1) is 36.0 Å². The highest BCUT2D eigenvalue weighted by Gasteiger charge is 2.23. The fourth-order valence-electron chi connectivity index (χ4n) is 4.41. The van der Waals surface area contributed by atoms with E-state index in [9.17, 15) is 14.0 Å². The first-order valence-electron chi connectivity index (χ1n) is 12.5. The monoisotopic (exact) mass is 555 g/mol.